The van der Waals surface area contributed by atoms with Crippen molar-refractivity contribution in [2.24, 2.45) is 0 Å². The Bertz CT molecular complexity index is 1000. The average molecular weight is 389 g/mol. The molecule has 2 heterocycles. The number of fused-ring (bicyclic) bond motifs is 1. The van der Waals surface area contributed by atoms with Gasteiger partial charge in [-0.25, -0.2) is 9.97 Å². The molecule has 1 aliphatic rings. The topological polar surface area (TPSA) is 78.4 Å². The van der Waals surface area contributed by atoms with Gasteiger partial charge in [0.05, 0.1) is 0 Å². The van der Waals surface area contributed by atoms with E-state index in [2.05, 4.69) is 20.2 Å². The molecule has 2 amide bonds. The maximum Gasteiger partial charge on any atom is 0.251 e. The van der Waals surface area contributed by atoms with Gasteiger partial charge in [0.2, 0.25) is 11.9 Å². The van der Waals surface area contributed by atoms with E-state index in [-0.39, 0.29) is 11.8 Å². The van der Waals surface area contributed by atoms with Crippen molar-refractivity contribution in [2.75, 3.05) is 37.6 Å². The summed E-state index contributed by atoms with van der Waals surface area (Å²) in [5, 5.41) is 4.97. The molecule has 148 valence electrons. The number of amides is 2. The summed E-state index contributed by atoms with van der Waals surface area (Å²) in [5.74, 6) is 0.592. The Labute approximate surface area is 169 Å². The minimum absolute atomic E-state index is 0.0532. The van der Waals surface area contributed by atoms with E-state index in [4.69, 9.17) is 0 Å². The summed E-state index contributed by atoms with van der Waals surface area (Å²) in [6.07, 6.45) is 3.73. The lowest BCUT2D eigenvalue weighted by atomic mass is 10.1. The first-order chi connectivity index (χ1) is 14.2. The minimum atomic E-state index is -0.158. The lowest BCUT2D eigenvalue weighted by Crippen LogP contribution is -2.49. The van der Waals surface area contributed by atoms with Gasteiger partial charge in [0.1, 0.15) is 0 Å². The van der Waals surface area contributed by atoms with Crippen LogP contribution in [0.5, 0.6) is 0 Å². The fourth-order valence-electron chi connectivity index (χ4n) is 3.48. The normalized spacial score (nSPS) is 14.1. The van der Waals surface area contributed by atoms with E-state index in [0.29, 0.717) is 50.7 Å². The van der Waals surface area contributed by atoms with Gasteiger partial charge in [0.15, 0.2) is 0 Å². The highest BCUT2D eigenvalue weighted by atomic mass is 16.2. The first kappa shape index (κ1) is 18.9. The van der Waals surface area contributed by atoms with Gasteiger partial charge in [-0.3, -0.25) is 9.59 Å². The predicted molar refractivity (Wildman–Crippen MR) is 112 cm³/mol. The molecule has 7 heteroatoms. The molecule has 7 nitrogen and oxygen atoms in total. The summed E-state index contributed by atoms with van der Waals surface area (Å²) in [7, 11) is 0. The molecule has 0 bridgehead atoms. The molecule has 0 unspecified atom stereocenters. The zero-order valence-electron chi connectivity index (χ0n) is 16.1. The fraction of sp³-hybridized carbons (Fsp3) is 0.273. The van der Waals surface area contributed by atoms with Crippen LogP contribution in [0.15, 0.2) is 60.9 Å². The molecule has 2 aromatic carbocycles. The molecule has 0 radical (unpaired) electrons. The van der Waals surface area contributed by atoms with Crippen LogP contribution in [-0.4, -0.2) is 59.4 Å². The molecule has 0 atom stereocenters. The van der Waals surface area contributed by atoms with Gasteiger partial charge in [0, 0.05) is 57.1 Å². The number of aromatic nitrogens is 2. The van der Waals surface area contributed by atoms with Crippen molar-refractivity contribution < 1.29 is 9.59 Å². The van der Waals surface area contributed by atoms with Crippen LogP contribution < -0.4 is 10.2 Å². The number of benzene rings is 2. The molecule has 1 N–H and O–H groups in total. The van der Waals surface area contributed by atoms with E-state index in [9.17, 15) is 9.59 Å². The molecular weight excluding hydrogens is 366 g/mol. The number of rotatable bonds is 5. The van der Waals surface area contributed by atoms with Crippen LogP contribution in [0.3, 0.4) is 0 Å². The van der Waals surface area contributed by atoms with Crippen LogP contribution in [0.4, 0.5) is 5.95 Å². The molecule has 1 fully saturated rings. The molecule has 1 aromatic heterocycles. The molecule has 29 heavy (non-hydrogen) atoms. The number of nitrogens with one attached hydrogen (secondary N) is 1. The quantitative estimate of drug-likeness (QED) is 0.723. The summed E-state index contributed by atoms with van der Waals surface area (Å²) in [5.41, 5.74) is 0.604. The molecule has 1 aliphatic heterocycles. The van der Waals surface area contributed by atoms with E-state index in [1.807, 2.05) is 47.4 Å². The Hall–Kier alpha value is -3.48. The highest BCUT2D eigenvalue weighted by Gasteiger charge is 2.22. The van der Waals surface area contributed by atoms with Crippen molar-refractivity contribution in [2.45, 2.75) is 6.42 Å². The van der Waals surface area contributed by atoms with E-state index < -0.39 is 0 Å². The van der Waals surface area contributed by atoms with Gasteiger partial charge in [-0.2, -0.15) is 0 Å². The van der Waals surface area contributed by atoms with E-state index >= 15 is 0 Å². The second-order valence-electron chi connectivity index (χ2n) is 6.98. The largest absolute Gasteiger partial charge is 0.352 e. The second-order valence-corrected chi connectivity index (χ2v) is 6.98. The Balaban J connectivity index is 1.24. The highest BCUT2D eigenvalue weighted by molar-refractivity contribution is 5.98. The lowest BCUT2D eigenvalue weighted by Gasteiger charge is -2.34. The maximum absolute atomic E-state index is 12.5. The van der Waals surface area contributed by atoms with Gasteiger partial charge >= 0.3 is 0 Å². The van der Waals surface area contributed by atoms with Crippen LogP contribution in [0.25, 0.3) is 10.8 Å². The Morgan fingerprint density at radius 3 is 2.38 bits per heavy atom. The zero-order valence-corrected chi connectivity index (χ0v) is 16.1. The molecular formula is C22H23N5O2. The smallest absolute Gasteiger partial charge is 0.251 e. The lowest BCUT2D eigenvalue weighted by molar-refractivity contribution is -0.131. The van der Waals surface area contributed by atoms with Crippen molar-refractivity contribution in [3.05, 3.63) is 66.5 Å². The van der Waals surface area contributed by atoms with Crippen LogP contribution in [0.2, 0.25) is 0 Å². The second kappa shape index (κ2) is 8.68. The van der Waals surface area contributed by atoms with Crippen molar-refractivity contribution in [3.63, 3.8) is 0 Å². The summed E-state index contributed by atoms with van der Waals surface area (Å²) in [6.45, 7) is 3.01. The van der Waals surface area contributed by atoms with Crippen molar-refractivity contribution >= 4 is 28.5 Å². The molecule has 3 aromatic rings. The molecule has 1 saturated heterocycles. The van der Waals surface area contributed by atoms with Crippen LogP contribution in [0.1, 0.15) is 16.8 Å². The van der Waals surface area contributed by atoms with E-state index in [1.54, 1.807) is 18.5 Å². The summed E-state index contributed by atoms with van der Waals surface area (Å²) in [4.78, 5) is 37.3. The minimum Gasteiger partial charge on any atom is -0.352 e. The van der Waals surface area contributed by atoms with Crippen LogP contribution >= 0.6 is 0 Å². The number of carbonyl (C=O) groups excluding carboxylic acids is 2. The van der Waals surface area contributed by atoms with Gasteiger partial charge in [-0.05, 0) is 29.0 Å². The third-order valence-corrected chi connectivity index (χ3v) is 5.10. The number of nitrogens with zero attached hydrogens (tertiary/aromatic N) is 4. The van der Waals surface area contributed by atoms with Crippen LogP contribution in [-0.2, 0) is 4.79 Å². The van der Waals surface area contributed by atoms with Gasteiger partial charge < -0.3 is 15.1 Å². The van der Waals surface area contributed by atoms with Crippen molar-refractivity contribution in [3.8, 4) is 0 Å². The highest BCUT2D eigenvalue weighted by Crippen LogP contribution is 2.15. The summed E-state index contributed by atoms with van der Waals surface area (Å²) >= 11 is 0. The fourth-order valence-corrected chi connectivity index (χ4v) is 3.48. The third kappa shape index (κ3) is 4.51. The molecule has 0 saturated carbocycles. The standard InChI is InChI=1S/C22H23N5O2/c28-20(26-12-14-27(15-13-26)22-24-9-3-10-25-22)8-11-23-21(29)19-7-6-17-4-1-2-5-18(17)16-19/h1-7,9-10,16H,8,11-15H2,(H,23,29). The average Bonchev–Trinajstić information content (AvgIpc) is 2.79. The van der Waals surface area contributed by atoms with Gasteiger partial charge in [-0.15, -0.1) is 0 Å². The number of hydrogen-bond acceptors (Lipinski definition) is 5. The number of anilines is 1. The van der Waals surface area contributed by atoms with E-state index in [0.717, 1.165) is 10.8 Å². The molecule has 0 spiro atoms. The number of piperazine rings is 1. The first-order valence-electron chi connectivity index (χ1n) is 9.77. The van der Waals surface area contributed by atoms with E-state index in [1.165, 1.54) is 0 Å². The SMILES string of the molecule is O=C(NCCC(=O)N1CCN(c2ncccn2)CC1)c1ccc2ccccc2c1. The van der Waals surface area contributed by atoms with Crippen molar-refractivity contribution in [1.29, 1.82) is 0 Å². The predicted octanol–water partition coefficient (Wildman–Crippen LogP) is 2.10. The Morgan fingerprint density at radius 1 is 0.897 bits per heavy atom. The number of carbonyl (C=O) groups is 2. The van der Waals surface area contributed by atoms with Crippen molar-refractivity contribution in [1.82, 2.24) is 20.2 Å². The number of hydrogen-bond donors (Lipinski definition) is 1. The maximum atomic E-state index is 12.5. The first-order valence-corrected chi connectivity index (χ1v) is 9.77. The molecule has 4 rings (SSSR count). The Morgan fingerprint density at radius 2 is 1.62 bits per heavy atom. The summed E-state index contributed by atoms with van der Waals surface area (Å²) in [6, 6.07) is 15.3. The summed E-state index contributed by atoms with van der Waals surface area (Å²) < 4.78 is 0. The van der Waals surface area contributed by atoms with Crippen LogP contribution in [0, 0.1) is 0 Å². The molecule has 0 aliphatic carbocycles. The monoisotopic (exact) mass is 389 g/mol. The zero-order chi connectivity index (χ0) is 20.1. The Kier molecular flexibility index (Phi) is 5.65. The van der Waals surface area contributed by atoms with Gasteiger partial charge in [0.25, 0.3) is 5.91 Å². The van der Waals surface area contributed by atoms with Gasteiger partial charge in [-0.1, -0.05) is 30.3 Å². The third-order valence-electron chi connectivity index (χ3n) is 5.10.